The second kappa shape index (κ2) is 10.0. The lowest BCUT2D eigenvalue weighted by atomic mass is 10.1. The van der Waals surface area contributed by atoms with Crippen molar-refractivity contribution in [3.05, 3.63) is 66.0 Å². The Hall–Kier alpha value is -2.79. The van der Waals surface area contributed by atoms with Gasteiger partial charge in [-0.05, 0) is 36.8 Å². The number of nitrogens with one attached hydrogen (secondary N) is 1. The van der Waals surface area contributed by atoms with Gasteiger partial charge >= 0.3 is 5.76 Å². The van der Waals surface area contributed by atoms with Crippen molar-refractivity contribution in [1.82, 2.24) is 14.8 Å². The number of anilines is 1. The molecule has 0 saturated heterocycles. The van der Waals surface area contributed by atoms with E-state index < -0.39 is 20.5 Å². The summed E-state index contributed by atoms with van der Waals surface area (Å²) in [5.41, 5.74) is 1.41. The summed E-state index contributed by atoms with van der Waals surface area (Å²) in [7, 11) is -4.66. The largest absolute Gasteiger partial charge is 0.341 e. The summed E-state index contributed by atoms with van der Waals surface area (Å²) in [4.78, 5) is 11.7. The second-order valence-electron chi connectivity index (χ2n) is 6.47. The lowest BCUT2D eigenvalue weighted by Crippen LogP contribution is -2.15. The fourth-order valence-corrected chi connectivity index (χ4v) is 4.35. The fraction of sp³-hybridized carbons (Fsp3) is 0.250. The van der Waals surface area contributed by atoms with Crippen LogP contribution in [0.25, 0.3) is 0 Å². The summed E-state index contributed by atoms with van der Waals surface area (Å²) in [6.45, 7) is 2.62. The first-order valence-corrected chi connectivity index (χ1v) is 11.8. The number of sulfone groups is 1. The zero-order chi connectivity index (χ0) is 22.4. The first kappa shape index (κ1) is 22.9. The highest BCUT2D eigenvalue weighted by atomic mass is 32.2. The van der Waals surface area contributed by atoms with Crippen LogP contribution in [-0.2, 0) is 27.6 Å². The summed E-state index contributed by atoms with van der Waals surface area (Å²) in [6, 6.07) is 14.5. The van der Waals surface area contributed by atoms with Gasteiger partial charge in [-0.25, -0.2) is 8.42 Å². The molecule has 0 radical (unpaired) electrons. The maximum Gasteiger partial charge on any atom is 0.341 e. The van der Waals surface area contributed by atoms with Gasteiger partial charge in [0.2, 0.25) is 15.7 Å². The molecule has 164 valence electrons. The van der Waals surface area contributed by atoms with Gasteiger partial charge in [0.05, 0.1) is 10.6 Å². The normalized spacial score (nSPS) is 11.6. The minimum Gasteiger partial charge on any atom is -0.325 e. The van der Waals surface area contributed by atoms with Crippen molar-refractivity contribution in [1.29, 1.82) is 0 Å². The maximum absolute atomic E-state index is 12.6. The van der Waals surface area contributed by atoms with Gasteiger partial charge in [0, 0.05) is 18.7 Å². The first-order valence-electron chi connectivity index (χ1n) is 9.32. The molecule has 1 amide bonds. The molecule has 31 heavy (non-hydrogen) atoms. The molecule has 0 atom stereocenters. The van der Waals surface area contributed by atoms with Crippen LogP contribution in [0.15, 0.2) is 64.6 Å². The number of rotatable bonds is 9. The third-order valence-corrected chi connectivity index (χ3v) is 6.71. The summed E-state index contributed by atoms with van der Waals surface area (Å²) in [6.07, 6.45) is 0.627. The smallest absolute Gasteiger partial charge is 0.325 e. The second-order valence-corrected chi connectivity index (χ2v) is 9.33. The Labute approximate surface area is 182 Å². The summed E-state index contributed by atoms with van der Waals surface area (Å²) in [5.74, 6) is -2.98. The number of amides is 1. The van der Waals surface area contributed by atoms with Crippen molar-refractivity contribution in [3.63, 3.8) is 0 Å². The van der Waals surface area contributed by atoms with Crippen molar-refractivity contribution in [2.24, 2.45) is 0 Å². The third kappa shape index (κ3) is 5.67. The number of nitrogens with zero attached hydrogens (tertiary/aromatic N) is 3. The van der Waals surface area contributed by atoms with E-state index in [2.05, 4.69) is 15.5 Å². The predicted octanol–water partition coefficient (Wildman–Crippen LogP) is 3.62. The van der Waals surface area contributed by atoms with Crippen LogP contribution < -0.4 is 5.32 Å². The van der Waals surface area contributed by atoms with E-state index in [9.17, 15) is 22.0 Å². The van der Waals surface area contributed by atoms with Gasteiger partial charge in [0.15, 0.2) is 5.16 Å². The van der Waals surface area contributed by atoms with E-state index >= 15 is 0 Å². The highest BCUT2D eigenvalue weighted by Gasteiger charge is 2.26. The number of carbonyl (C=O) groups excluding carboxylic acids is 1. The Morgan fingerprint density at radius 2 is 1.77 bits per heavy atom. The number of aromatic nitrogens is 3. The average molecular weight is 467 g/mol. The molecule has 0 unspecified atom stereocenters. The van der Waals surface area contributed by atoms with Gasteiger partial charge in [-0.3, -0.25) is 4.79 Å². The van der Waals surface area contributed by atoms with Crippen LogP contribution in [0.5, 0.6) is 0 Å². The average Bonchev–Trinajstić information content (AvgIpc) is 3.14. The Bertz CT molecular complexity index is 1130. The molecular formula is C20H20F2N4O3S2. The number of hydrogen-bond donors (Lipinski definition) is 1. The minimum absolute atomic E-state index is 0.0561. The molecule has 1 heterocycles. The van der Waals surface area contributed by atoms with E-state index in [1.165, 1.54) is 23.9 Å². The number of thioether (sulfide) groups is 1. The Morgan fingerprint density at radius 3 is 2.39 bits per heavy atom. The zero-order valence-corrected chi connectivity index (χ0v) is 18.2. The SMILES string of the molecule is CCn1c(Cc2ccccc2)nnc1SCC(=O)Nc1ccc(S(=O)(=O)C(F)F)cc1. The third-order valence-electron chi connectivity index (χ3n) is 4.35. The van der Waals surface area contributed by atoms with Crippen molar-refractivity contribution < 1.29 is 22.0 Å². The highest BCUT2D eigenvalue weighted by molar-refractivity contribution is 7.99. The number of hydrogen-bond acceptors (Lipinski definition) is 6. The monoisotopic (exact) mass is 466 g/mol. The number of halogens is 2. The van der Waals surface area contributed by atoms with Crippen molar-refractivity contribution in [2.45, 2.75) is 35.7 Å². The summed E-state index contributed by atoms with van der Waals surface area (Å²) < 4.78 is 50.0. The summed E-state index contributed by atoms with van der Waals surface area (Å²) >= 11 is 1.22. The Balaban J connectivity index is 1.60. The molecule has 3 rings (SSSR count). The molecule has 1 aromatic heterocycles. The van der Waals surface area contributed by atoms with Crippen LogP contribution in [0.1, 0.15) is 18.3 Å². The number of alkyl halides is 2. The first-order chi connectivity index (χ1) is 14.8. The molecule has 0 aliphatic carbocycles. The van der Waals surface area contributed by atoms with Crippen LogP contribution in [-0.4, -0.2) is 40.6 Å². The van der Waals surface area contributed by atoms with E-state index in [0.29, 0.717) is 23.8 Å². The molecule has 0 spiro atoms. The van der Waals surface area contributed by atoms with Crippen molar-refractivity contribution in [2.75, 3.05) is 11.1 Å². The lowest BCUT2D eigenvalue weighted by molar-refractivity contribution is -0.113. The molecule has 1 N–H and O–H groups in total. The number of benzene rings is 2. The summed E-state index contributed by atoms with van der Waals surface area (Å²) in [5, 5.41) is 11.6. The van der Waals surface area contributed by atoms with Gasteiger partial charge in [0.25, 0.3) is 0 Å². The molecular weight excluding hydrogens is 446 g/mol. The van der Waals surface area contributed by atoms with Crippen molar-refractivity contribution >= 4 is 33.2 Å². The maximum atomic E-state index is 12.6. The fourth-order valence-electron chi connectivity index (χ4n) is 2.81. The Morgan fingerprint density at radius 1 is 1.10 bits per heavy atom. The highest BCUT2D eigenvalue weighted by Crippen LogP contribution is 2.22. The van der Waals surface area contributed by atoms with Crippen LogP contribution in [0.3, 0.4) is 0 Å². The van der Waals surface area contributed by atoms with Crippen LogP contribution in [0.4, 0.5) is 14.5 Å². The molecule has 0 fully saturated rings. The van der Waals surface area contributed by atoms with Gasteiger partial charge < -0.3 is 9.88 Å². The molecule has 7 nitrogen and oxygen atoms in total. The van der Waals surface area contributed by atoms with E-state index in [0.717, 1.165) is 23.5 Å². The lowest BCUT2D eigenvalue weighted by Gasteiger charge is -2.08. The van der Waals surface area contributed by atoms with Gasteiger partial charge in [0.1, 0.15) is 5.82 Å². The van der Waals surface area contributed by atoms with E-state index in [4.69, 9.17) is 0 Å². The zero-order valence-electron chi connectivity index (χ0n) is 16.5. The van der Waals surface area contributed by atoms with E-state index in [1.807, 2.05) is 41.8 Å². The molecule has 0 aliphatic rings. The van der Waals surface area contributed by atoms with Crippen molar-refractivity contribution in [3.8, 4) is 0 Å². The Kier molecular flexibility index (Phi) is 7.39. The van der Waals surface area contributed by atoms with E-state index in [1.54, 1.807) is 0 Å². The van der Waals surface area contributed by atoms with Gasteiger partial charge in [-0.2, -0.15) is 8.78 Å². The van der Waals surface area contributed by atoms with Gasteiger partial charge in [-0.15, -0.1) is 10.2 Å². The minimum atomic E-state index is -4.66. The predicted molar refractivity (Wildman–Crippen MR) is 114 cm³/mol. The molecule has 2 aromatic carbocycles. The molecule has 0 aliphatic heterocycles. The standard InChI is InChI=1S/C20H20F2N4O3S2/c1-2-26-17(12-14-6-4-3-5-7-14)24-25-20(26)30-13-18(27)23-15-8-10-16(11-9-15)31(28,29)19(21)22/h3-11,19H,2,12-13H2,1H3,(H,23,27). The molecule has 0 saturated carbocycles. The molecule has 11 heteroatoms. The number of carbonyl (C=O) groups is 1. The van der Waals surface area contributed by atoms with Crippen LogP contribution in [0, 0.1) is 0 Å². The van der Waals surface area contributed by atoms with E-state index in [-0.39, 0.29) is 11.7 Å². The molecule has 3 aromatic rings. The quantitative estimate of drug-likeness (QED) is 0.484. The van der Waals surface area contributed by atoms with Crippen LogP contribution >= 0.6 is 11.8 Å². The molecule has 0 bridgehead atoms. The van der Waals surface area contributed by atoms with Crippen LogP contribution in [0.2, 0.25) is 0 Å². The van der Waals surface area contributed by atoms with Gasteiger partial charge in [-0.1, -0.05) is 42.1 Å². The topological polar surface area (TPSA) is 93.9 Å².